The molecule has 3 aromatic heterocycles. The minimum Gasteiger partial charge on any atom is -0.455 e. The van der Waals surface area contributed by atoms with Gasteiger partial charge in [-0.25, -0.2) is 18.5 Å². The van der Waals surface area contributed by atoms with Crippen molar-refractivity contribution in [3.05, 3.63) is 75.3 Å². The number of nitrogens with one attached hydrogen (secondary N) is 1. The van der Waals surface area contributed by atoms with Crippen molar-refractivity contribution in [2.24, 2.45) is 12.2 Å². The molecule has 0 saturated heterocycles. The number of nitrogens with zero attached hydrogens (tertiary/aromatic N) is 2. The van der Waals surface area contributed by atoms with Gasteiger partial charge in [0.2, 0.25) is 0 Å². The Morgan fingerprint density at radius 3 is 2.62 bits per heavy atom. The zero-order valence-corrected chi connectivity index (χ0v) is 19.2. The predicted octanol–water partition coefficient (Wildman–Crippen LogP) is 3.98. The molecule has 10 heteroatoms. The topological polar surface area (TPSA) is 120 Å². The summed E-state index contributed by atoms with van der Waals surface area (Å²) in [6, 6.07) is 9.50. The molecule has 8 nitrogen and oxygen atoms in total. The average molecular weight is 473 g/mol. The number of hydrogen-bond donors (Lipinski definition) is 2. The number of aromatic nitrogens is 2. The van der Waals surface area contributed by atoms with Gasteiger partial charge in [-0.1, -0.05) is 17.7 Å². The Balaban J connectivity index is 1.86. The van der Waals surface area contributed by atoms with Crippen molar-refractivity contribution in [2.75, 3.05) is 5.32 Å². The fourth-order valence-corrected chi connectivity index (χ4v) is 4.46. The van der Waals surface area contributed by atoms with Crippen LogP contribution in [0.5, 0.6) is 0 Å². The van der Waals surface area contributed by atoms with Crippen molar-refractivity contribution in [3.8, 4) is 11.3 Å². The molecule has 4 aromatic rings. The van der Waals surface area contributed by atoms with Gasteiger partial charge < -0.3 is 14.3 Å². The number of benzene rings is 1. The zero-order valence-electron chi connectivity index (χ0n) is 17.6. The number of rotatable bonds is 5. The molecule has 32 heavy (non-hydrogen) atoms. The van der Waals surface area contributed by atoms with Crippen LogP contribution in [-0.2, 0) is 17.1 Å². The van der Waals surface area contributed by atoms with Gasteiger partial charge in [-0.15, -0.1) is 0 Å². The smallest absolute Gasteiger partial charge is 0.257 e. The second kappa shape index (κ2) is 8.09. The average Bonchev–Trinajstić information content (AvgIpc) is 3.14. The first-order valence-electron chi connectivity index (χ1n) is 9.69. The summed E-state index contributed by atoms with van der Waals surface area (Å²) in [4.78, 5) is 16.7. The number of pyridine rings is 1. The Morgan fingerprint density at radius 1 is 1.22 bits per heavy atom. The molecule has 0 aliphatic carbocycles. The van der Waals surface area contributed by atoms with Gasteiger partial charge in [-0.2, -0.15) is 0 Å². The van der Waals surface area contributed by atoms with Gasteiger partial charge in [0.15, 0.2) is 10.5 Å². The van der Waals surface area contributed by atoms with Crippen molar-refractivity contribution >= 4 is 38.3 Å². The summed E-state index contributed by atoms with van der Waals surface area (Å²) >= 11 is 5.86. The number of sulfonamides is 1. The molecule has 0 saturated carbocycles. The highest BCUT2D eigenvalue weighted by Gasteiger charge is 2.21. The van der Waals surface area contributed by atoms with Crippen LogP contribution in [0, 0.1) is 6.92 Å². The lowest BCUT2D eigenvalue weighted by atomic mass is 10.0. The second-order valence-corrected chi connectivity index (χ2v) is 9.53. The van der Waals surface area contributed by atoms with Gasteiger partial charge in [-0.3, -0.25) is 4.79 Å². The first-order chi connectivity index (χ1) is 15.0. The number of hydrogen-bond acceptors (Lipinski definition) is 6. The van der Waals surface area contributed by atoms with E-state index in [2.05, 4.69) is 10.3 Å². The standard InChI is InChI=1S/C22H21ClN4O4S/c1-12-8-15(13(2)25-17-4-5-20(23)26-22(17)32(24,29)30)21-16(9-12)18(28)10-19(31-21)14-6-7-27(3)11-14/h4-11,13,25H,1-3H3,(H2,24,29,30)/t13-/m1/s1. The highest BCUT2D eigenvalue weighted by atomic mass is 35.5. The highest BCUT2D eigenvalue weighted by Crippen LogP contribution is 2.32. The van der Waals surface area contributed by atoms with Crippen LogP contribution in [0.3, 0.4) is 0 Å². The third-order valence-electron chi connectivity index (χ3n) is 5.05. The molecule has 3 heterocycles. The van der Waals surface area contributed by atoms with Crippen molar-refractivity contribution in [2.45, 2.75) is 24.9 Å². The normalized spacial score (nSPS) is 12.8. The number of halogens is 1. The predicted molar refractivity (Wildman–Crippen MR) is 124 cm³/mol. The van der Waals surface area contributed by atoms with Gasteiger partial charge in [-0.05, 0) is 43.7 Å². The highest BCUT2D eigenvalue weighted by molar-refractivity contribution is 7.89. The maximum Gasteiger partial charge on any atom is 0.257 e. The van der Waals surface area contributed by atoms with E-state index in [1.165, 1.54) is 18.2 Å². The quantitative estimate of drug-likeness (QED) is 0.424. The van der Waals surface area contributed by atoms with E-state index in [0.29, 0.717) is 22.3 Å². The fraction of sp³-hybridized carbons (Fsp3) is 0.182. The number of fused-ring (bicyclic) bond motifs is 1. The number of nitrogens with two attached hydrogens (primary N) is 1. The van der Waals surface area contributed by atoms with E-state index in [4.69, 9.17) is 21.2 Å². The van der Waals surface area contributed by atoms with Crippen LogP contribution in [0.2, 0.25) is 5.15 Å². The van der Waals surface area contributed by atoms with E-state index in [0.717, 1.165) is 11.1 Å². The van der Waals surface area contributed by atoms with Crippen molar-refractivity contribution in [1.29, 1.82) is 0 Å². The lowest BCUT2D eigenvalue weighted by Crippen LogP contribution is -2.18. The van der Waals surface area contributed by atoms with Gasteiger partial charge in [0.05, 0.1) is 17.1 Å². The largest absolute Gasteiger partial charge is 0.455 e. The molecule has 0 radical (unpaired) electrons. The first kappa shape index (κ1) is 22.1. The van der Waals surface area contributed by atoms with Crippen LogP contribution in [0.15, 0.2) is 63.0 Å². The molecule has 0 bridgehead atoms. The Hall–Kier alpha value is -3.14. The SMILES string of the molecule is Cc1cc([C@@H](C)Nc2ccc(Cl)nc2S(N)(=O)=O)c2oc(-c3ccn(C)c3)cc(=O)c2c1. The third-order valence-corrected chi connectivity index (χ3v) is 6.11. The van der Waals surface area contributed by atoms with E-state index in [-0.39, 0.29) is 21.3 Å². The molecular weight excluding hydrogens is 452 g/mol. The summed E-state index contributed by atoms with van der Waals surface area (Å²) in [7, 11) is -2.23. The zero-order chi connectivity index (χ0) is 23.2. The lowest BCUT2D eigenvalue weighted by molar-refractivity contribution is 0.594. The molecule has 0 fully saturated rings. The van der Waals surface area contributed by atoms with Gasteiger partial charge >= 0.3 is 0 Å². The van der Waals surface area contributed by atoms with Gasteiger partial charge in [0.1, 0.15) is 16.5 Å². The van der Waals surface area contributed by atoms with E-state index in [1.807, 2.05) is 50.0 Å². The molecule has 1 atom stereocenters. The molecule has 0 unspecified atom stereocenters. The monoisotopic (exact) mass is 472 g/mol. The maximum atomic E-state index is 12.9. The van der Waals surface area contributed by atoms with Crippen LogP contribution in [0.1, 0.15) is 24.1 Å². The minimum atomic E-state index is -4.12. The Morgan fingerprint density at radius 2 is 1.97 bits per heavy atom. The Kier molecular flexibility index (Phi) is 5.58. The molecular formula is C22H21ClN4O4S. The molecule has 166 valence electrons. The molecule has 3 N–H and O–H groups in total. The van der Waals surface area contributed by atoms with Crippen LogP contribution in [0.4, 0.5) is 5.69 Å². The summed E-state index contributed by atoms with van der Waals surface area (Å²) < 4.78 is 32.0. The summed E-state index contributed by atoms with van der Waals surface area (Å²) in [6.07, 6.45) is 3.72. The molecule has 4 rings (SSSR count). The Bertz CT molecular complexity index is 1510. The van der Waals surface area contributed by atoms with Crippen molar-refractivity contribution < 1.29 is 12.8 Å². The summed E-state index contributed by atoms with van der Waals surface area (Å²) in [6.45, 7) is 3.70. The summed E-state index contributed by atoms with van der Waals surface area (Å²) in [5, 5.41) is 8.51. The number of aryl methyl sites for hydroxylation is 2. The number of primary sulfonamides is 1. The van der Waals surface area contributed by atoms with Crippen LogP contribution in [-0.4, -0.2) is 18.0 Å². The molecule has 0 amide bonds. The Labute approximate surface area is 189 Å². The van der Waals surface area contributed by atoms with Crippen LogP contribution in [0.25, 0.3) is 22.3 Å². The van der Waals surface area contributed by atoms with Crippen molar-refractivity contribution in [1.82, 2.24) is 9.55 Å². The van der Waals surface area contributed by atoms with E-state index in [1.54, 1.807) is 6.07 Å². The van der Waals surface area contributed by atoms with Crippen LogP contribution >= 0.6 is 11.6 Å². The lowest BCUT2D eigenvalue weighted by Gasteiger charge is -2.19. The van der Waals surface area contributed by atoms with E-state index in [9.17, 15) is 13.2 Å². The molecule has 0 spiro atoms. The summed E-state index contributed by atoms with van der Waals surface area (Å²) in [5.41, 5.74) is 2.77. The molecule has 0 aliphatic heterocycles. The molecule has 1 aromatic carbocycles. The molecule has 0 aliphatic rings. The fourth-order valence-electron chi connectivity index (χ4n) is 3.60. The van der Waals surface area contributed by atoms with E-state index < -0.39 is 16.1 Å². The maximum absolute atomic E-state index is 12.9. The first-order valence-corrected chi connectivity index (χ1v) is 11.6. The van der Waals surface area contributed by atoms with Crippen molar-refractivity contribution in [3.63, 3.8) is 0 Å². The van der Waals surface area contributed by atoms with Crippen LogP contribution < -0.4 is 15.9 Å². The van der Waals surface area contributed by atoms with E-state index >= 15 is 0 Å². The van der Waals surface area contributed by atoms with Gasteiger partial charge in [0.25, 0.3) is 10.0 Å². The van der Waals surface area contributed by atoms with Gasteiger partial charge in [0, 0.05) is 36.6 Å². The summed E-state index contributed by atoms with van der Waals surface area (Å²) in [5.74, 6) is 0.443. The minimum absolute atomic E-state index is 0.00623. The third kappa shape index (κ3) is 4.27. The second-order valence-electron chi connectivity index (χ2n) is 7.67. The number of anilines is 1.